The number of ether oxygens (including phenoxy) is 2. The average molecular weight is 437 g/mol. The Hall–Kier alpha value is -2.72. The molecule has 2 aromatic rings. The van der Waals surface area contributed by atoms with Gasteiger partial charge in [0, 0.05) is 24.5 Å². The lowest BCUT2D eigenvalue weighted by Crippen LogP contribution is -2.24. The van der Waals surface area contributed by atoms with Crippen molar-refractivity contribution in [2.75, 3.05) is 24.7 Å². The monoisotopic (exact) mass is 437 g/mol. The van der Waals surface area contributed by atoms with Gasteiger partial charge in [-0.25, -0.2) is 4.98 Å². The van der Waals surface area contributed by atoms with Crippen molar-refractivity contribution in [2.45, 2.75) is 39.0 Å². The number of halogens is 6. The fourth-order valence-electron chi connectivity index (χ4n) is 2.46. The summed E-state index contributed by atoms with van der Waals surface area (Å²) in [6, 6.07) is 6.72. The molecule has 1 aromatic heterocycles. The van der Waals surface area contributed by atoms with Gasteiger partial charge in [-0.05, 0) is 25.5 Å². The lowest BCUT2D eigenvalue weighted by atomic mass is 10.2. The van der Waals surface area contributed by atoms with Gasteiger partial charge in [0.25, 0.3) is 0 Å². The van der Waals surface area contributed by atoms with Gasteiger partial charge >= 0.3 is 12.4 Å². The van der Waals surface area contributed by atoms with E-state index in [1.165, 1.54) is 4.90 Å². The third-order valence-electron chi connectivity index (χ3n) is 3.87. The van der Waals surface area contributed by atoms with Crippen LogP contribution in [-0.4, -0.2) is 35.9 Å². The molecule has 0 aliphatic heterocycles. The van der Waals surface area contributed by atoms with E-state index < -0.39 is 30.4 Å². The van der Waals surface area contributed by atoms with Crippen LogP contribution in [-0.2, 0) is 6.18 Å². The van der Waals surface area contributed by atoms with Crippen LogP contribution in [0.25, 0.3) is 0 Å². The zero-order valence-corrected chi connectivity index (χ0v) is 16.3. The Balaban J connectivity index is 2.37. The van der Waals surface area contributed by atoms with Gasteiger partial charge < -0.3 is 14.4 Å². The van der Waals surface area contributed by atoms with E-state index in [4.69, 9.17) is 4.74 Å². The summed E-state index contributed by atoms with van der Waals surface area (Å²) in [5.74, 6) is -0.869. The lowest BCUT2D eigenvalue weighted by molar-refractivity contribution is -0.159. The highest BCUT2D eigenvalue weighted by molar-refractivity contribution is 5.59. The van der Waals surface area contributed by atoms with Crippen LogP contribution in [0, 0.1) is 0 Å². The second-order valence-corrected chi connectivity index (χ2v) is 6.23. The van der Waals surface area contributed by atoms with Crippen molar-refractivity contribution >= 4 is 11.6 Å². The molecular weight excluding hydrogens is 416 g/mol. The fraction of sp³-hybridized carbons (Fsp3) is 0.474. The van der Waals surface area contributed by atoms with E-state index in [2.05, 4.69) is 14.7 Å². The molecule has 166 valence electrons. The van der Waals surface area contributed by atoms with Crippen LogP contribution in [0.15, 0.2) is 30.5 Å². The molecule has 0 fully saturated rings. The Labute approximate surface area is 169 Å². The van der Waals surface area contributed by atoms with Crippen LogP contribution >= 0.6 is 0 Å². The summed E-state index contributed by atoms with van der Waals surface area (Å²) in [7, 11) is 0. The molecule has 0 saturated carbocycles. The van der Waals surface area contributed by atoms with Crippen molar-refractivity contribution in [2.24, 2.45) is 0 Å². The predicted molar refractivity (Wildman–Crippen MR) is 98.1 cm³/mol. The number of hydrogen-bond donors (Lipinski definition) is 0. The number of alkyl halides is 6. The zero-order chi connectivity index (χ0) is 22.4. The predicted octanol–water partition coefficient (Wildman–Crippen LogP) is 5.77. The molecule has 0 amide bonds. The van der Waals surface area contributed by atoms with Crippen LogP contribution < -0.4 is 14.4 Å². The van der Waals surface area contributed by atoms with Crippen molar-refractivity contribution in [1.29, 1.82) is 0 Å². The number of hydrogen-bond acceptors (Lipinski definition) is 5. The van der Waals surface area contributed by atoms with E-state index in [-0.39, 0.29) is 12.5 Å². The maximum absolute atomic E-state index is 13.1. The topological polar surface area (TPSA) is 47.5 Å². The highest BCUT2D eigenvalue weighted by atomic mass is 19.4. The van der Waals surface area contributed by atoms with Crippen LogP contribution in [0.3, 0.4) is 0 Å². The number of rotatable bonds is 9. The summed E-state index contributed by atoms with van der Waals surface area (Å²) in [6.45, 7) is 2.54. The van der Waals surface area contributed by atoms with Gasteiger partial charge in [-0.2, -0.15) is 31.3 Å². The zero-order valence-electron chi connectivity index (χ0n) is 16.3. The van der Waals surface area contributed by atoms with Crippen molar-refractivity contribution in [3.05, 3.63) is 36.0 Å². The quantitative estimate of drug-likeness (QED) is 0.368. The molecule has 0 saturated heterocycles. The maximum Gasteiger partial charge on any atom is 0.423 e. The van der Waals surface area contributed by atoms with Crippen LogP contribution in [0.5, 0.6) is 11.6 Å². The van der Waals surface area contributed by atoms with Gasteiger partial charge in [-0.3, -0.25) is 0 Å². The van der Waals surface area contributed by atoms with Crippen LogP contribution in [0.2, 0.25) is 0 Å². The summed E-state index contributed by atoms with van der Waals surface area (Å²) in [4.78, 5) is 8.76. The Morgan fingerprint density at radius 3 is 2.37 bits per heavy atom. The van der Waals surface area contributed by atoms with E-state index in [0.717, 1.165) is 12.8 Å². The van der Waals surface area contributed by atoms with Crippen LogP contribution in [0.4, 0.5) is 38.0 Å². The van der Waals surface area contributed by atoms with Gasteiger partial charge in [0.05, 0.1) is 6.61 Å². The normalized spacial score (nSPS) is 12.0. The first-order chi connectivity index (χ1) is 14.0. The summed E-state index contributed by atoms with van der Waals surface area (Å²) in [6.07, 6.45) is -7.57. The highest BCUT2D eigenvalue weighted by Gasteiger charge is 2.38. The van der Waals surface area contributed by atoms with E-state index in [0.29, 0.717) is 24.2 Å². The third kappa shape index (κ3) is 6.67. The van der Waals surface area contributed by atoms with Gasteiger partial charge in [0.1, 0.15) is 11.3 Å². The fourth-order valence-corrected chi connectivity index (χ4v) is 2.46. The summed E-state index contributed by atoms with van der Waals surface area (Å²) >= 11 is 0. The molecule has 1 heterocycles. The van der Waals surface area contributed by atoms with Gasteiger partial charge in [0.2, 0.25) is 11.8 Å². The molecule has 0 spiro atoms. The molecule has 0 aliphatic carbocycles. The molecule has 0 N–H and O–H groups in total. The smallest absolute Gasteiger partial charge is 0.423 e. The standard InChI is InChI=1S/C19H21F6N3O2/c1-3-5-9-29-14-8-6-7-13(10-14)28(4-2)17-26-11-15(19(23,24)25)16(27-17)30-12-18(20,21)22/h6-8,10-11H,3-5,9,12H2,1-2H3. The van der Waals surface area contributed by atoms with Gasteiger partial charge in [-0.15, -0.1) is 0 Å². The maximum atomic E-state index is 13.1. The second-order valence-electron chi connectivity index (χ2n) is 6.23. The molecule has 0 atom stereocenters. The average Bonchev–Trinajstić information content (AvgIpc) is 2.66. The minimum Gasteiger partial charge on any atom is -0.494 e. The summed E-state index contributed by atoms with van der Waals surface area (Å²) < 4.78 is 86.7. The number of anilines is 2. The first kappa shape index (κ1) is 23.6. The molecule has 30 heavy (non-hydrogen) atoms. The Kier molecular flexibility index (Phi) is 7.74. The van der Waals surface area contributed by atoms with Crippen molar-refractivity contribution in [3.63, 3.8) is 0 Å². The molecule has 5 nitrogen and oxygen atoms in total. The second kappa shape index (κ2) is 9.86. The largest absolute Gasteiger partial charge is 0.494 e. The molecule has 0 unspecified atom stereocenters. The Morgan fingerprint density at radius 1 is 1.03 bits per heavy atom. The number of unbranched alkanes of at least 4 members (excludes halogenated alkanes) is 1. The number of nitrogens with zero attached hydrogens (tertiary/aromatic N) is 3. The first-order valence-electron chi connectivity index (χ1n) is 9.19. The van der Waals surface area contributed by atoms with E-state index in [1.807, 2.05) is 6.92 Å². The summed E-state index contributed by atoms with van der Waals surface area (Å²) in [5, 5.41) is 0. The molecule has 0 radical (unpaired) electrons. The van der Waals surface area contributed by atoms with E-state index >= 15 is 0 Å². The van der Waals surface area contributed by atoms with Crippen molar-refractivity contribution in [1.82, 2.24) is 9.97 Å². The molecule has 0 aliphatic rings. The van der Waals surface area contributed by atoms with Crippen LogP contribution in [0.1, 0.15) is 32.3 Å². The first-order valence-corrected chi connectivity index (χ1v) is 9.19. The van der Waals surface area contributed by atoms with Crippen molar-refractivity contribution < 1.29 is 35.8 Å². The van der Waals surface area contributed by atoms with Crippen molar-refractivity contribution in [3.8, 4) is 11.6 Å². The van der Waals surface area contributed by atoms with Gasteiger partial charge in [0.15, 0.2) is 6.61 Å². The molecule has 11 heteroatoms. The minimum absolute atomic E-state index is 0.228. The highest BCUT2D eigenvalue weighted by Crippen LogP contribution is 2.37. The lowest BCUT2D eigenvalue weighted by Gasteiger charge is -2.23. The summed E-state index contributed by atoms with van der Waals surface area (Å²) in [5.41, 5.74) is -0.976. The molecule has 2 rings (SSSR count). The number of benzene rings is 1. The Bertz CT molecular complexity index is 827. The molecule has 1 aromatic carbocycles. The third-order valence-corrected chi connectivity index (χ3v) is 3.87. The van der Waals surface area contributed by atoms with E-state index in [9.17, 15) is 26.3 Å². The molecular formula is C19H21F6N3O2. The minimum atomic E-state index is -4.97. The van der Waals surface area contributed by atoms with Gasteiger partial charge in [-0.1, -0.05) is 19.4 Å². The Morgan fingerprint density at radius 2 is 1.77 bits per heavy atom. The number of aromatic nitrogens is 2. The molecule has 0 bridgehead atoms. The van der Waals surface area contributed by atoms with E-state index in [1.54, 1.807) is 31.2 Å². The SMILES string of the molecule is CCCCOc1cccc(N(CC)c2ncc(C(F)(F)F)c(OCC(F)(F)F)n2)c1.